The van der Waals surface area contributed by atoms with E-state index in [0.29, 0.717) is 0 Å². The van der Waals surface area contributed by atoms with Crippen LogP contribution >= 0.6 is 0 Å². The molecule has 226 valence electrons. The Morgan fingerprint density at radius 3 is 2.33 bits per heavy atom. The summed E-state index contributed by atoms with van der Waals surface area (Å²) < 4.78 is 2.41. The van der Waals surface area contributed by atoms with E-state index in [1.54, 1.807) is 0 Å². The van der Waals surface area contributed by atoms with Gasteiger partial charge in [0.1, 0.15) is 0 Å². The summed E-state index contributed by atoms with van der Waals surface area (Å²) in [6.07, 6.45) is 4.24. The van der Waals surface area contributed by atoms with Gasteiger partial charge in [-0.05, 0) is 60.2 Å². The van der Waals surface area contributed by atoms with E-state index in [0.717, 1.165) is 23.5 Å². The van der Waals surface area contributed by atoms with Crippen LogP contribution in [0.5, 0.6) is 0 Å². The zero-order chi connectivity index (χ0) is 30.3. The van der Waals surface area contributed by atoms with E-state index in [2.05, 4.69) is 130 Å². The summed E-state index contributed by atoms with van der Waals surface area (Å²) in [5.41, 5.74) is 10.6. The van der Waals surface area contributed by atoms with Crippen LogP contribution in [0.4, 0.5) is 17.1 Å². The van der Waals surface area contributed by atoms with Crippen molar-refractivity contribution in [2.24, 2.45) is 0 Å². The molecule has 4 nitrogen and oxygen atoms in total. The number of aryl methyl sites for hydroxylation is 1. The molecule has 4 heterocycles. The van der Waals surface area contributed by atoms with E-state index in [1.807, 2.05) is 43.5 Å². The van der Waals surface area contributed by atoms with E-state index in [-0.39, 0.29) is 20.1 Å². The van der Waals surface area contributed by atoms with Crippen LogP contribution in [0, 0.1) is 25.7 Å². The van der Waals surface area contributed by atoms with Crippen molar-refractivity contribution in [3.63, 3.8) is 0 Å². The number of pyridine rings is 1. The average molecular weight is 774 g/mol. The van der Waals surface area contributed by atoms with Gasteiger partial charge in [-0.1, -0.05) is 85.1 Å². The van der Waals surface area contributed by atoms with Crippen LogP contribution in [0.25, 0.3) is 49.4 Å². The first kappa shape index (κ1) is 30.0. The van der Waals surface area contributed by atoms with Crippen molar-refractivity contribution in [3.05, 3.63) is 146 Å². The molecular weight excluding hydrogens is 741 g/mol. The predicted molar refractivity (Wildman–Crippen MR) is 188 cm³/mol. The maximum absolute atomic E-state index is 4.32. The quantitative estimate of drug-likeness (QED) is 0.163. The molecule has 0 spiro atoms. The van der Waals surface area contributed by atoms with Crippen molar-refractivity contribution in [3.8, 4) is 11.3 Å². The van der Waals surface area contributed by atoms with Gasteiger partial charge in [0.2, 0.25) is 0 Å². The Bertz CT molecular complexity index is 2260. The molecule has 1 aliphatic heterocycles. The fraction of sp³-hybridized carbons (Fsp3) is 0.122. The first-order valence-corrected chi connectivity index (χ1v) is 15.7. The minimum absolute atomic E-state index is 0. The van der Waals surface area contributed by atoms with Gasteiger partial charge in [0, 0.05) is 34.0 Å². The maximum atomic E-state index is 4.32. The smallest absolute Gasteiger partial charge is 0.501 e. The molecule has 5 heteroatoms. The molecule has 0 amide bonds. The fourth-order valence-electron chi connectivity index (χ4n) is 6.53. The zero-order valence-corrected chi connectivity index (χ0v) is 28.3. The Morgan fingerprint density at radius 1 is 0.739 bits per heavy atom. The summed E-state index contributed by atoms with van der Waals surface area (Å²) in [5.74, 6) is 0. The van der Waals surface area contributed by atoms with Gasteiger partial charge in [-0.25, -0.2) is 0 Å². The first-order chi connectivity index (χ1) is 22.2. The number of aromatic nitrogens is 2. The third kappa shape index (κ3) is 5.10. The van der Waals surface area contributed by atoms with E-state index >= 15 is 0 Å². The summed E-state index contributed by atoms with van der Waals surface area (Å²) in [7, 11) is 0. The van der Waals surface area contributed by atoms with Crippen LogP contribution in [0.3, 0.4) is 0 Å². The van der Waals surface area contributed by atoms with Crippen LogP contribution in [-0.2, 0) is 20.1 Å². The molecule has 0 radical (unpaired) electrons. The molecule has 1 aliphatic rings. The van der Waals surface area contributed by atoms with Crippen LogP contribution in [0.2, 0.25) is 0 Å². The van der Waals surface area contributed by atoms with Crippen LogP contribution < -0.4 is 9.80 Å². The molecule has 3 aromatic heterocycles. The second-order valence-corrected chi connectivity index (χ2v) is 11.7. The summed E-state index contributed by atoms with van der Waals surface area (Å²) in [4.78, 5) is 8.98. The third-order valence-electron chi connectivity index (χ3n) is 8.73. The van der Waals surface area contributed by atoms with E-state index in [4.69, 9.17) is 0 Å². The normalized spacial score (nSPS) is 12.5. The Kier molecular flexibility index (Phi) is 8.21. The zero-order valence-electron chi connectivity index (χ0n) is 25.9. The Labute approximate surface area is 283 Å². The maximum Gasteiger partial charge on any atom is 3.00 e. The topological polar surface area (TPSA) is 23.8 Å². The minimum Gasteiger partial charge on any atom is -0.501 e. The summed E-state index contributed by atoms with van der Waals surface area (Å²) in [5, 5.41) is 5.08. The number of nitrogens with zero attached hydrogens (tertiary/aromatic N) is 4. The Balaban J connectivity index is 0.000000204. The first-order valence-electron chi connectivity index (χ1n) is 15.7. The molecule has 0 atom stereocenters. The number of benzene rings is 5. The Morgan fingerprint density at radius 2 is 1.52 bits per heavy atom. The molecule has 46 heavy (non-hydrogen) atoms. The number of hydrogen-bond acceptors (Lipinski definition) is 3. The van der Waals surface area contributed by atoms with Gasteiger partial charge in [-0.15, -0.1) is 59.5 Å². The van der Waals surface area contributed by atoms with Gasteiger partial charge >= 0.3 is 20.1 Å². The molecule has 0 unspecified atom stereocenters. The van der Waals surface area contributed by atoms with E-state index < -0.39 is 0 Å². The van der Waals surface area contributed by atoms with E-state index in [1.165, 1.54) is 67.9 Å². The number of anilines is 3. The van der Waals surface area contributed by atoms with Crippen LogP contribution in [-0.4, -0.2) is 15.9 Å². The van der Waals surface area contributed by atoms with Gasteiger partial charge in [0.05, 0.1) is 0 Å². The monoisotopic (exact) mass is 774 g/mol. The van der Waals surface area contributed by atoms with Crippen molar-refractivity contribution in [2.45, 2.75) is 26.7 Å². The largest absolute Gasteiger partial charge is 3.00 e. The van der Waals surface area contributed by atoms with Crippen LogP contribution in [0.1, 0.15) is 25.3 Å². The molecule has 0 bridgehead atoms. The number of rotatable bonds is 5. The number of para-hydroxylation sites is 4. The fourth-order valence-corrected chi connectivity index (χ4v) is 6.53. The second-order valence-electron chi connectivity index (χ2n) is 11.7. The Hall–Kier alpha value is -4.70. The average Bonchev–Trinajstić information content (AvgIpc) is 3.75. The molecule has 0 saturated heterocycles. The van der Waals surface area contributed by atoms with Crippen molar-refractivity contribution < 1.29 is 20.1 Å². The molecule has 0 fully saturated rings. The van der Waals surface area contributed by atoms with Crippen molar-refractivity contribution in [1.82, 2.24) is 9.38 Å². The van der Waals surface area contributed by atoms with Crippen molar-refractivity contribution in [2.75, 3.05) is 16.3 Å². The molecular formula is C41H33IrN4. The summed E-state index contributed by atoms with van der Waals surface area (Å²) >= 11 is 0. The second kappa shape index (κ2) is 12.6. The van der Waals surface area contributed by atoms with Gasteiger partial charge < -0.3 is 19.2 Å². The number of fused-ring (bicyclic) bond motifs is 7. The molecule has 0 saturated carbocycles. The van der Waals surface area contributed by atoms with E-state index in [9.17, 15) is 0 Å². The van der Waals surface area contributed by atoms with Crippen LogP contribution in [0.15, 0.2) is 121 Å². The van der Waals surface area contributed by atoms with Gasteiger partial charge in [0.25, 0.3) is 0 Å². The van der Waals surface area contributed by atoms with Crippen molar-refractivity contribution >= 4 is 55.2 Å². The molecule has 8 aromatic rings. The molecule has 0 aliphatic carbocycles. The SMILES string of the molecule is CCCCN1[CH-]N(c2[c-]c3c4cccc5c6ccccc6n(c3cc2)c45)c2ccccc21.Cc1ccc(-c2[c-]cccc2)nc1.[Ir+3]. The minimum atomic E-state index is 0. The summed E-state index contributed by atoms with van der Waals surface area (Å²) in [6, 6.07) is 47.3. The number of hydrogen-bond donors (Lipinski definition) is 0. The van der Waals surface area contributed by atoms with Gasteiger partial charge in [0.15, 0.2) is 0 Å². The van der Waals surface area contributed by atoms with Gasteiger partial charge in [-0.3, -0.25) is 0 Å². The molecule has 9 rings (SSSR count). The summed E-state index contributed by atoms with van der Waals surface area (Å²) in [6.45, 7) is 7.55. The van der Waals surface area contributed by atoms with Gasteiger partial charge in [-0.2, -0.15) is 6.67 Å². The predicted octanol–water partition coefficient (Wildman–Crippen LogP) is 10.4. The number of unbranched alkanes of at least 4 members (excludes halogenated alkanes) is 1. The molecule has 5 aromatic carbocycles. The molecule has 0 N–H and O–H groups in total. The standard InChI is InChI=1S/C29H23N3.C12H10N.Ir/c1-2-3-17-30-19-31(28-14-7-6-13-27(28)30)20-15-16-26-24(18-20)23-11-8-10-22-21-9-4-5-12-25(21)32(26)29(22)23;1-10-7-8-12(13-9-10)11-5-3-2-4-6-11;/h4-16,19H,2-3,17H2,1H3;2-5,7-9H,1H3;/q-2;-1;+3. The third-order valence-corrected chi connectivity index (χ3v) is 8.73. The van der Waals surface area contributed by atoms with Crippen molar-refractivity contribution in [1.29, 1.82) is 0 Å².